The molecule has 1 aromatic rings. The molecule has 140 valence electrons. The molecule has 0 unspecified atom stereocenters. The molecule has 1 amide bonds. The van der Waals surface area contributed by atoms with Crippen LogP contribution in [0.5, 0.6) is 0 Å². The number of aliphatic imine (C=N–C) groups is 1. The van der Waals surface area contributed by atoms with Gasteiger partial charge < -0.3 is 16.0 Å². The van der Waals surface area contributed by atoms with Crippen LogP contribution in [0.3, 0.4) is 0 Å². The van der Waals surface area contributed by atoms with Gasteiger partial charge in [0, 0.05) is 22.3 Å². The fourth-order valence-corrected chi connectivity index (χ4v) is 4.18. The van der Waals surface area contributed by atoms with E-state index in [-0.39, 0.29) is 18.0 Å². The van der Waals surface area contributed by atoms with Gasteiger partial charge in [-0.1, -0.05) is 13.8 Å². The van der Waals surface area contributed by atoms with E-state index in [1.54, 1.807) is 7.05 Å². The molecule has 3 N–H and O–H groups in total. The number of amides is 1. The summed E-state index contributed by atoms with van der Waals surface area (Å²) < 4.78 is 0. The molecule has 25 heavy (non-hydrogen) atoms. The van der Waals surface area contributed by atoms with Gasteiger partial charge in [0.25, 0.3) is 0 Å². The quantitative estimate of drug-likeness (QED) is 0.568. The first-order valence-electron chi connectivity index (χ1n) is 8.94. The maximum atomic E-state index is 11.9. The van der Waals surface area contributed by atoms with Crippen LogP contribution in [0.4, 0.5) is 0 Å². The Bertz CT molecular complexity index is 640. The number of nitrogens with zero attached hydrogens (tertiary/aromatic N) is 1. The average molecular weight is 365 g/mol. The van der Waals surface area contributed by atoms with Crippen LogP contribution in [0.25, 0.3) is 0 Å². The smallest absolute Gasteiger partial charge is 0.239 e. The van der Waals surface area contributed by atoms with Gasteiger partial charge in [-0.3, -0.25) is 9.79 Å². The molecular formula is C19H32N4OS. The van der Waals surface area contributed by atoms with Crippen LogP contribution in [-0.2, 0) is 24.2 Å². The molecule has 0 saturated carbocycles. The van der Waals surface area contributed by atoms with Crippen molar-refractivity contribution in [1.29, 1.82) is 0 Å². The molecule has 1 heterocycles. The van der Waals surface area contributed by atoms with E-state index in [0.29, 0.717) is 11.4 Å². The van der Waals surface area contributed by atoms with Crippen molar-refractivity contribution in [3.63, 3.8) is 0 Å². The van der Waals surface area contributed by atoms with Crippen molar-refractivity contribution in [2.75, 3.05) is 13.6 Å². The summed E-state index contributed by atoms with van der Waals surface area (Å²) in [5, 5.41) is 9.30. The maximum absolute atomic E-state index is 11.9. The van der Waals surface area contributed by atoms with Gasteiger partial charge in [0.05, 0.1) is 13.1 Å². The number of nitrogens with one attached hydrogen (secondary N) is 3. The van der Waals surface area contributed by atoms with Crippen molar-refractivity contribution in [1.82, 2.24) is 16.0 Å². The molecule has 0 aliphatic heterocycles. The number of carbonyl (C=O) groups is 1. The Labute approximate surface area is 155 Å². The summed E-state index contributed by atoms with van der Waals surface area (Å²) in [5.74, 6) is 0.611. The molecule has 0 spiro atoms. The molecule has 2 rings (SSSR count). The van der Waals surface area contributed by atoms with Crippen LogP contribution in [-0.4, -0.2) is 31.0 Å². The Morgan fingerprint density at radius 1 is 1.32 bits per heavy atom. The van der Waals surface area contributed by atoms with E-state index < -0.39 is 0 Å². The Morgan fingerprint density at radius 3 is 2.68 bits per heavy atom. The first-order chi connectivity index (χ1) is 11.6. The van der Waals surface area contributed by atoms with Crippen molar-refractivity contribution in [3.05, 3.63) is 21.4 Å². The van der Waals surface area contributed by atoms with Gasteiger partial charge >= 0.3 is 0 Å². The van der Waals surface area contributed by atoms with Gasteiger partial charge in [-0.25, -0.2) is 0 Å². The Hall–Kier alpha value is -1.56. The molecule has 1 aliphatic rings. The van der Waals surface area contributed by atoms with Crippen LogP contribution in [0.1, 0.15) is 56.4 Å². The molecule has 0 radical (unpaired) electrons. The summed E-state index contributed by atoms with van der Waals surface area (Å²) in [4.78, 5) is 18.9. The summed E-state index contributed by atoms with van der Waals surface area (Å²) in [6, 6.07) is 2.33. The summed E-state index contributed by atoms with van der Waals surface area (Å²) in [6.07, 6.45) is 3.62. The highest BCUT2D eigenvalue weighted by Crippen LogP contribution is 2.38. The maximum Gasteiger partial charge on any atom is 0.239 e. The highest BCUT2D eigenvalue weighted by Gasteiger charge is 2.26. The minimum Gasteiger partial charge on any atom is -0.352 e. The van der Waals surface area contributed by atoms with Gasteiger partial charge in [0.15, 0.2) is 5.96 Å². The lowest BCUT2D eigenvalue weighted by molar-refractivity contribution is -0.121. The normalized spacial score (nSPS) is 17.0. The highest BCUT2D eigenvalue weighted by molar-refractivity contribution is 7.12. The molecule has 0 bridgehead atoms. The van der Waals surface area contributed by atoms with Crippen molar-refractivity contribution >= 4 is 23.2 Å². The number of carbonyl (C=O) groups excluding carboxylic acids is 1. The number of hydrogen-bond donors (Lipinski definition) is 3. The van der Waals surface area contributed by atoms with Gasteiger partial charge in [0.2, 0.25) is 5.91 Å². The van der Waals surface area contributed by atoms with Crippen molar-refractivity contribution < 1.29 is 4.79 Å². The first kappa shape index (κ1) is 19.8. The Balaban J connectivity index is 1.84. The summed E-state index contributed by atoms with van der Waals surface area (Å²) >= 11 is 1.90. The summed E-state index contributed by atoms with van der Waals surface area (Å²) in [5.41, 5.74) is 1.70. The fourth-order valence-electron chi connectivity index (χ4n) is 3.05. The van der Waals surface area contributed by atoms with E-state index in [2.05, 4.69) is 40.9 Å². The van der Waals surface area contributed by atoms with Crippen LogP contribution in [0.15, 0.2) is 11.1 Å². The lowest BCUT2D eigenvalue weighted by atomic mass is 9.77. The monoisotopic (exact) mass is 364 g/mol. The summed E-state index contributed by atoms with van der Waals surface area (Å²) in [7, 11) is 1.72. The van der Waals surface area contributed by atoms with Gasteiger partial charge in [0.1, 0.15) is 0 Å². The van der Waals surface area contributed by atoms with Crippen LogP contribution in [0, 0.1) is 5.41 Å². The largest absolute Gasteiger partial charge is 0.352 e. The third-order valence-electron chi connectivity index (χ3n) is 4.23. The second-order valence-electron chi connectivity index (χ2n) is 8.58. The fraction of sp³-hybridized carbons (Fsp3) is 0.684. The van der Waals surface area contributed by atoms with E-state index in [9.17, 15) is 4.79 Å². The number of hydrogen-bond acceptors (Lipinski definition) is 3. The lowest BCUT2D eigenvalue weighted by Gasteiger charge is -2.29. The zero-order chi connectivity index (χ0) is 18.7. The zero-order valence-corrected chi connectivity index (χ0v) is 17.2. The van der Waals surface area contributed by atoms with E-state index in [1.807, 2.05) is 32.1 Å². The van der Waals surface area contributed by atoms with Gasteiger partial charge in [-0.15, -0.1) is 11.3 Å². The van der Waals surface area contributed by atoms with E-state index >= 15 is 0 Å². The third-order valence-corrected chi connectivity index (χ3v) is 5.47. The van der Waals surface area contributed by atoms with E-state index in [1.165, 1.54) is 34.6 Å². The molecule has 1 aromatic heterocycles. The lowest BCUT2D eigenvalue weighted by Crippen LogP contribution is -2.48. The van der Waals surface area contributed by atoms with Crippen LogP contribution < -0.4 is 16.0 Å². The van der Waals surface area contributed by atoms with Crippen molar-refractivity contribution in [3.8, 4) is 0 Å². The van der Waals surface area contributed by atoms with Crippen molar-refractivity contribution in [2.24, 2.45) is 10.4 Å². The standard InChI is InChI=1S/C19H32N4OS/c1-18(2,3)23-16(24)12-22-17(20-6)21-11-14-9-13-10-19(4,5)8-7-15(13)25-14/h9H,7-8,10-12H2,1-6H3,(H,23,24)(H2,20,21,22). The molecule has 0 aromatic carbocycles. The van der Waals surface area contributed by atoms with E-state index in [4.69, 9.17) is 0 Å². The average Bonchev–Trinajstić information content (AvgIpc) is 2.86. The second kappa shape index (κ2) is 7.77. The molecule has 5 nitrogen and oxygen atoms in total. The van der Waals surface area contributed by atoms with Crippen LogP contribution in [0.2, 0.25) is 0 Å². The predicted molar refractivity (Wildman–Crippen MR) is 106 cm³/mol. The zero-order valence-electron chi connectivity index (χ0n) is 16.4. The number of guanidine groups is 1. The molecule has 0 atom stereocenters. The number of fused-ring (bicyclic) bond motifs is 1. The van der Waals surface area contributed by atoms with Crippen molar-refractivity contribution in [2.45, 2.75) is 66.0 Å². The molecule has 0 fully saturated rings. The van der Waals surface area contributed by atoms with Gasteiger partial charge in [-0.05, 0) is 57.1 Å². The predicted octanol–water partition coefficient (Wildman–Crippen LogP) is 2.84. The molecule has 6 heteroatoms. The molecular weight excluding hydrogens is 332 g/mol. The summed E-state index contributed by atoms with van der Waals surface area (Å²) in [6.45, 7) is 11.6. The first-order valence-corrected chi connectivity index (χ1v) is 9.76. The topological polar surface area (TPSA) is 65.5 Å². The minimum absolute atomic E-state index is 0.0377. The minimum atomic E-state index is -0.223. The Kier molecular flexibility index (Phi) is 6.14. The number of aryl methyl sites for hydroxylation is 1. The number of rotatable bonds is 4. The molecule has 0 saturated heterocycles. The van der Waals surface area contributed by atoms with Gasteiger partial charge in [-0.2, -0.15) is 0 Å². The third kappa shape index (κ3) is 6.34. The SMILES string of the molecule is CN=C(NCC(=O)NC(C)(C)C)NCc1cc2c(s1)CCC(C)(C)C2. The van der Waals surface area contributed by atoms with E-state index in [0.717, 1.165) is 6.54 Å². The number of thiophene rings is 1. The molecule has 1 aliphatic carbocycles. The van der Waals surface area contributed by atoms with Crippen LogP contribution >= 0.6 is 11.3 Å². The second-order valence-corrected chi connectivity index (χ2v) is 9.80. The Morgan fingerprint density at radius 2 is 2.04 bits per heavy atom. The highest BCUT2D eigenvalue weighted by atomic mass is 32.1.